The molecule has 3 rings (SSSR count). The highest BCUT2D eigenvalue weighted by Gasteiger charge is 2.15. The molecule has 0 fully saturated rings. The van der Waals surface area contributed by atoms with Crippen LogP contribution in [0.4, 0.5) is 5.69 Å². The van der Waals surface area contributed by atoms with E-state index < -0.39 is 17.4 Å². The van der Waals surface area contributed by atoms with E-state index in [0.29, 0.717) is 21.5 Å². The number of carbonyl (C=O) groups excluding carboxylic acids is 1. The molecule has 2 aromatic carbocycles. The SMILES string of the molecule is O=C(O)Cc1nn(CC(=O)Nc2cccc(Cl)c2)c(=O)c2ccccc12. The lowest BCUT2D eigenvalue weighted by atomic mass is 10.1. The molecular weight excluding hydrogens is 358 g/mol. The largest absolute Gasteiger partial charge is 0.481 e. The minimum absolute atomic E-state index is 0.225. The first-order valence-electron chi connectivity index (χ1n) is 7.70. The van der Waals surface area contributed by atoms with E-state index in [1.54, 1.807) is 48.5 Å². The molecule has 132 valence electrons. The lowest BCUT2D eigenvalue weighted by molar-refractivity contribution is -0.136. The van der Waals surface area contributed by atoms with Gasteiger partial charge in [-0.2, -0.15) is 5.10 Å². The second kappa shape index (κ2) is 7.37. The van der Waals surface area contributed by atoms with E-state index in [2.05, 4.69) is 10.4 Å². The van der Waals surface area contributed by atoms with Crippen molar-refractivity contribution in [2.45, 2.75) is 13.0 Å². The molecule has 1 amide bonds. The average Bonchev–Trinajstić information content (AvgIpc) is 2.58. The molecule has 0 spiro atoms. The maximum Gasteiger partial charge on any atom is 0.309 e. The first kappa shape index (κ1) is 17.6. The van der Waals surface area contributed by atoms with Gasteiger partial charge in [0.25, 0.3) is 5.56 Å². The predicted octanol–water partition coefficient (Wildman–Crippen LogP) is 2.32. The zero-order valence-corrected chi connectivity index (χ0v) is 14.2. The number of rotatable bonds is 5. The van der Waals surface area contributed by atoms with E-state index in [-0.39, 0.29) is 18.7 Å². The third-order valence-electron chi connectivity index (χ3n) is 3.66. The van der Waals surface area contributed by atoms with Gasteiger partial charge in [-0.3, -0.25) is 14.4 Å². The van der Waals surface area contributed by atoms with Crippen LogP contribution in [0.25, 0.3) is 10.8 Å². The summed E-state index contributed by atoms with van der Waals surface area (Å²) in [5, 5.41) is 17.0. The Balaban J connectivity index is 1.94. The van der Waals surface area contributed by atoms with Crippen molar-refractivity contribution in [2.24, 2.45) is 0 Å². The molecular formula is C18H14ClN3O4. The molecule has 1 aromatic heterocycles. The maximum atomic E-state index is 12.6. The molecule has 0 saturated heterocycles. The fourth-order valence-electron chi connectivity index (χ4n) is 2.59. The lowest BCUT2D eigenvalue weighted by Gasteiger charge is -2.10. The van der Waals surface area contributed by atoms with Gasteiger partial charge >= 0.3 is 5.97 Å². The zero-order chi connectivity index (χ0) is 18.7. The summed E-state index contributed by atoms with van der Waals surface area (Å²) in [5.74, 6) is -1.55. The quantitative estimate of drug-likeness (QED) is 0.716. The number of carboxylic acid groups (broad SMARTS) is 1. The summed E-state index contributed by atoms with van der Waals surface area (Å²) < 4.78 is 0.973. The van der Waals surface area contributed by atoms with E-state index in [9.17, 15) is 14.4 Å². The summed E-state index contributed by atoms with van der Waals surface area (Å²) >= 11 is 5.87. The number of aliphatic carboxylic acids is 1. The highest BCUT2D eigenvalue weighted by Crippen LogP contribution is 2.16. The van der Waals surface area contributed by atoms with E-state index in [4.69, 9.17) is 16.7 Å². The van der Waals surface area contributed by atoms with Gasteiger partial charge in [0.05, 0.1) is 17.5 Å². The number of carbonyl (C=O) groups is 2. The summed E-state index contributed by atoms with van der Waals surface area (Å²) in [6.45, 7) is -0.344. The molecule has 2 N–H and O–H groups in total. The number of hydrogen-bond acceptors (Lipinski definition) is 4. The Hall–Kier alpha value is -3.19. The third-order valence-corrected chi connectivity index (χ3v) is 3.90. The van der Waals surface area contributed by atoms with E-state index in [1.807, 2.05) is 0 Å². The molecule has 0 saturated carbocycles. The van der Waals surface area contributed by atoms with Crippen LogP contribution in [0.3, 0.4) is 0 Å². The van der Waals surface area contributed by atoms with Gasteiger partial charge in [0, 0.05) is 16.1 Å². The van der Waals surface area contributed by atoms with Crippen molar-refractivity contribution in [3.8, 4) is 0 Å². The van der Waals surface area contributed by atoms with Crippen LogP contribution in [-0.4, -0.2) is 26.8 Å². The Bertz CT molecular complexity index is 1060. The second-order valence-electron chi connectivity index (χ2n) is 5.58. The van der Waals surface area contributed by atoms with Crippen molar-refractivity contribution in [1.82, 2.24) is 9.78 Å². The summed E-state index contributed by atoms with van der Waals surface area (Å²) in [5.41, 5.74) is 0.251. The summed E-state index contributed by atoms with van der Waals surface area (Å²) in [7, 11) is 0. The van der Waals surface area contributed by atoms with Crippen LogP contribution in [0, 0.1) is 0 Å². The van der Waals surface area contributed by atoms with Crippen molar-refractivity contribution < 1.29 is 14.7 Å². The molecule has 7 nitrogen and oxygen atoms in total. The molecule has 0 aliphatic rings. The van der Waals surface area contributed by atoms with Crippen molar-refractivity contribution in [3.05, 3.63) is 69.6 Å². The van der Waals surface area contributed by atoms with Gasteiger partial charge in [0.1, 0.15) is 6.54 Å². The van der Waals surface area contributed by atoms with Crippen LogP contribution in [-0.2, 0) is 22.6 Å². The van der Waals surface area contributed by atoms with Crippen molar-refractivity contribution >= 4 is 39.9 Å². The first-order chi connectivity index (χ1) is 12.4. The number of halogens is 1. The molecule has 1 heterocycles. The highest BCUT2D eigenvalue weighted by atomic mass is 35.5. The molecule has 0 aliphatic carbocycles. The molecule has 0 atom stereocenters. The normalized spacial score (nSPS) is 10.7. The van der Waals surface area contributed by atoms with Gasteiger partial charge in [-0.05, 0) is 24.3 Å². The Morgan fingerprint density at radius 1 is 1.12 bits per heavy atom. The fourth-order valence-corrected chi connectivity index (χ4v) is 2.78. The number of anilines is 1. The maximum absolute atomic E-state index is 12.6. The number of hydrogen-bond donors (Lipinski definition) is 2. The van der Waals surface area contributed by atoms with Gasteiger partial charge in [-0.1, -0.05) is 35.9 Å². The Morgan fingerprint density at radius 3 is 2.54 bits per heavy atom. The molecule has 0 radical (unpaired) electrons. The first-order valence-corrected chi connectivity index (χ1v) is 8.08. The summed E-state index contributed by atoms with van der Waals surface area (Å²) in [6, 6.07) is 13.2. The summed E-state index contributed by atoms with van der Waals surface area (Å²) in [6.07, 6.45) is -0.350. The van der Waals surface area contributed by atoms with Crippen LogP contribution in [0.1, 0.15) is 5.69 Å². The summed E-state index contributed by atoms with van der Waals surface area (Å²) in [4.78, 5) is 35.9. The van der Waals surface area contributed by atoms with Gasteiger partial charge in [-0.15, -0.1) is 0 Å². The fraction of sp³-hybridized carbons (Fsp3) is 0.111. The van der Waals surface area contributed by atoms with Gasteiger partial charge in [0.15, 0.2) is 0 Å². The highest BCUT2D eigenvalue weighted by molar-refractivity contribution is 6.30. The Morgan fingerprint density at radius 2 is 1.85 bits per heavy atom. The number of aromatic nitrogens is 2. The standard InChI is InChI=1S/C18H14ClN3O4/c19-11-4-3-5-12(8-11)20-16(23)10-22-18(26)14-7-2-1-6-13(14)15(21-22)9-17(24)25/h1-8H,9-10H2,(H,20,23)(H,24,25). The number of fused-ring (bicyclic) bond motifs is 1. The van der Waals surface area contributed by atoms with Gasteiger partial charge in [0.2, 0.25) is 5.91 Å². The predicted molar refractivity (Wildman–Crippen MR) is 97.4 cm³/mol. The topological polar surface area (TPSA) is 101 Å². The van der Waals surface area contributed by atoms with Gasteiger partial charge in [-0.25, -0.2) is 4.68 Å². The zero-order valence-electron chi connectivity index (χ0n) is 13.5. The number of benzene rings is 2. The molecule has 26 heavy (non-hydrogen) atoms. The number of amides is 1. The minimum Gasteiger partial charge on any atom is -0.481 e. The van der Waals surface area contributed by atoms with Gasteiger partial charge < -0.3 is 10.4 Å². The third kappa shape index (κ3) is 3.89. The van der Waals surface area contributed by atoms with Crippen LogP contribution in [0.2, 0.25) is 5.02 Å². The van der Waals surface area contributed by atoms with E-state index >= 15 is 0 Å². The monoisotopic (exact) mass is 371 g/mol. The van der Waals surface area contributed by atoms with Crippen LogP contribution < -0.4 is 10.9 Å². The van der Waals surface area contributed by atoms with E-state index in [0.717, 1.165) is 4.68 Å². The van der Waals surface area contributed by atoms with Crippen molar-refractivity contribution in [2.75, 3.05) is 5.32 Å². The Kier molecular flexibility index (Phi) is 4.99. The number of carboxylic acids is 1. The smallest absolute Gasteiger partial charge is 0.309 e. The van der Waals surface area contributed by atoms with E-state index in [1.165, 1.54) is 0 Å². The minimum atomic E-state index is -1.07. The molecule has 0 bridgehead atoms. The Labute approximate surface area is 152 Å². The number of nitrogens with one attached hydrogen (secondary N) is 1. The lowest BCUT2D eigenvalue weighted by Crippen LogP contribution is -2.31. The van der Waals surface area contributed by atoms with Crippen molar-refractivity contribution in [3.63, 3.8) is 0 Å². The van der Waals surface area contributed by atoms with Crippen LogP contribution >= 0.6 is 11.6 Å². The van der Waals surface area contributed by atoms with Crippen LogP contribution in [0.5, 0.6) is 0 Å². The molecule has 0 unspecified atom stereocenters. The molecule has 3 aromatic rings. The molecule has 0 aliphatic heterocycles. The van der Waals surface area contributed by atoms with Crippen molar-refractivity contribution in [1.29, 1.82) is 0 Å². The average molecular weight is 372 g/mol. The molecule has 8 heteroatoms. The second-order valence-corrected chi connectivity index (χ2v) is 6.02. The number of nitrogens with zero attached hydrogens (tertiary/aromatic N) is 2. The van der Waals surface area contributed by atoms with Crippen LogP contribution in [0.15, 0.2) is 53.3 Å².